The van der Waals surface area contributed by atoms with Gasteiger partial charge in [-0.05, 0) is 31.4 Å². The number of aromatic nitrogens is 3. The van der Waals surface area contributed by atoms with Gasteiger partial charge in [0.05, 0.1) is 0 Å². The van der Waals surface area contributed by atoms with Crippen LogP contribution < -0.4 is 4.90 Å². The van der Waals surface area contributed by atoms with Crippen molar-refractivity contribution < 1.29 is 4.52 Å². The van der Waals surface area contributed by atoms with Crippen LogP contribution in [-0.4, -0.2) is 28.2 Å². The van der Waals surface area contributed by atoms with Crippen LogP contribution in [0.2, 0.25) is 0 Å². The van der Waals surface area contributed by atoms with Gasteiger partial charge in [-0.3, -0.25) is 0 Å². The first-order valence-electron chi connectivity index (χ1n) is 5.91. The zero-order chi connectivity index (χ0) is 11.5. The van der Waals surface area contributed by atoms with E-state index in [9.17, 15) is 0 Å². The summed E-state index contributed by atoms with van der Waals surface area (Å²) in [5.74, 6) is 1.62. The topological polar surface area (TPSA) is 55.1 Å². The van der Waals surface area contributed by atoms with Gasteiger partial charge in [-0.25, -0.2) is 4.98 Å². The summed E-state index contributed by atoms with van der Waals surface area (Å²) < 4.78 is 4.76. The number of pyridine rings is 1. The Morgan fingerprint density at radius 2 is 2.00 bits per heavy atom. The fourth-order valence-electron chi connectivity index (χ4n) is 2.15. The third-order valence-electron chi connectivity index (χ3n) is 3.05. The van der Waals surface area contributed by atoms with Crippen molar-refractivity contribution in [2.24, 2.45) is 0 Å². The first-order chi connectivity index (χ1) is 8.43. The van der Waals surface area contributed by atoms with Gasteiger partial charge in [-0.15, -0.1) is 0 Å². The maximum Gasteiger partial charge on any atom is 0.214 e. The van der Waals surface area contributed by atoms with Gasteiger partial charge in [0, 0.05) is 24.8 Å². The molecule has 1 aliphatic rings. The van der Waals surface area contributed by atoms with Crippen LogP contribution in [0.25, 0.3) is 11.4 Å². The molecule has 88 valence electrons. The smallest absolute Gasteiger partial charge is 0.214 e. The molecule has 0 amide bonds. The third-order valence-corrected chi connectivity index (χ3v) is 3.05. The molecule has 1 fully saturated rings. The van der Waals surface area contributed by atoms with E-state index in [4.69, 9.17) is 4.52 Å². The molecule has 2 aromatic heterocycles. The van der Waals surface area contributed by atoms with E-state index in [1.165, 1.54) is 25.7 Å². The van der Waals surface area contributed by atoms with Crippen LogP contribution in [0.3, 0.4) is 0 Å². The molecule has 0 bridgehead atoms. The summed E-state index contributed by atoms with van der Waals surface area (Å²) in [6, 6.07) is 3.93. The summed E-state index contributed by atoms with van der Waals surface area (Å²) in [6.07, 6.45) is 6.95. The van der Waals surface area contributed by atoms with E-state index in [2.05, 4.69) is 20.0 Å². The van der Waals surface area contributed by atoms with E-state index in [0.717, 1.165) is 24.5 Å². The van der Waals surface area contributed by atoms with Gasteiger partial charge in [0.25, 0.3) is 0 Å². The molecule has 1 saturated heterocycles. The Morgan fingerprint density at radius 3 is 2.76 bits per heavy atom. The van der Waals surface area contributed by atoms with Crippen LogP contribution in [0.5, 0.6) is 0 Å². The number of rotatable bonds is 2. The fraction of sp³-hybridized carbons (Fsp3) is 0.417. The summed E-state index contributed by atoms with van der Waals surface area (Å²) >= 11 is 0. The van der Waals surface area contributed by atoms with E-state index in [1.54, 1.807) is 6.20 Å². The first-order valence-corrected chi connectivity index (χ1v) is 5.91. The van der Waals surface area contributed by atoms with Crippen molar-refractivity contribution in [1.29, 1.82) is 0 Å². The van der Waals surface area contributed by atoms with Gasteiger partial charge >= 0.3 is 0 Å². The number of piperidine rings is 1. The van der Waals surface area contributed by atoms with E-state index in [0.29, 0.717) is 5.82 Å². The minimum Gasteiger partial charge on any atom is -0.357 e. The molecule has 0 N–H and O–H groups in total. The Morgan fingerprint density at radius 1 is 1.12 bits per heavy atom. The van der Waals surface area contributed by atoms with Gasteiger partial charge < -0.3 is 9.42 Å². The second-order valence-corrected chi connectivity index (χ2v) is 4.21. The zero-order valence-electron chi connectivity index (χ0n) is 9.54. The molecule has 2 aromatic rings. The highest BCUT2D eigenvalue weighted by Gasteiger charge is 2.13. The van der Waals surface area contributed by atoms with Crippen molar-refractivity contribution >= 4 is 5.82 Å². The maximum absolute atomic E-state index is 4.76. The minimum absolute atomic E-state index is 0.616. The molecule has 0 spiro atoms. The first kappa shape index (κ1) is 10.3. The van der Waals surface area contributed by atoms with Crippen LogP contribution in [0.15, 0.2) is 29.2 Å². The van der Waals surface area contributed by atoms with Crippen molar-refractivity contribution in [3.8, 4) is 11.4 Å². The van der Waals surface area contributed by atoms with Crippen molar-refractivity contribution in [2.45, 2.75) is 19.3 Å². The molecule has 5 heteroatoms. The van der Waals surface area contributed by atoms with Gasteiger partial charge in [-0.1, -0.05) is 5.16 Å². The molecule has 3 heterocycles. The number of hydrogen-bond acceptors (Lipinski definition) is 5. The largest absolute Gasteiger partial charge is 0.357 e. The summed E-state index contributed by atoms with van der Waals surface area (Å²) in [5, 5.41) is 3.84. The number of nitrogens with zero attached hydrogens (tertiary/aromatic N) is 4. The Labute approximate surface area is 99.5 Å². The van der Waals surface area contributed by atoms with Crippen LogP contribution in [0, 0.1) is 0 Å². The lowest BCUT2D eigenvalue weighted by Crippen LogP contribution is -2.30. The molecule has 0 atom stereocenters. The number of hydrogen-bond donors (Lipinski definition) is 0. The van der Waals surface area contributed by atoms with E-state index in [-0.39, 0.29) is 0 Å². The van der Waals surface area contributed by atoms with Gasteiger partial charge in [0.1, 0.15) is 5.82 Å². The summed E-state index contributed by atoms with van der Waals surface area (Å²) in [7, 11) is 0. The van der Waals surface area contributed by atoms with Crippen molar-refractivity contribution in [1.82, 2.24) is 15.1 Å². The highest BCUT2D eigenvalue weighted by Crippen LogP contribution is 2.22. The van der Waals surface area contributed by atoms with Crippen LogP contribution >= 0.6 is 0 Å². The SMILES string of the molecule is c1cc(-c2ncon2)cc(N2CCCCC2)n1. The standard InChI is InChI=1S/C12H14N4O/c1-2-6-16(7-3-1)11-8-10(4-5-13-11)12-14-9-17-15-12/h4-5,8-9H,1-3,6-7H2. The minimum atomic E-state index is 0.616. The lowest BCUT2D eigenvalue weighted by molar-refractivity contribution is 0.419. The lowest BCUT2D eigenvalue weighted by Gasteiger charge is -2.27. The van der Waals surface area contributed by atoms with Gasteiger partial charge in [0.15, 0.2) is 0 Å². The average molecular weight is 230 g/mol. The number of anilines is 1. The molecule has 0 radical (unpaired) electrons. The molecule has 0 unspecified atom stereocenters. The summed E-state index contributed by atoms with van der Waals surface area (Å²) in [5.41, 5.74) is 0.953. The molecule has 1 aliphatic heterocycles. The molecule has 3 rings (SSSR count). The molecule has 5 nitrogen and oxygen atoms in total. The second-order valence-electron chi connectivity index (χ2n) is 4.21. The van der Waals surface area contributed by atoms with Gasteiger partial charge in [0.2, 0.25) is 12.2 Å². The second kappa shape index (κ2) is 4.53. The van der Waals surface area contributed by atoms with Gasteiger partial charge in [-0.2, -0.15) is 4.98 Å². The molecular weight excluding hydrogens is 216 g/mol. The summed E-state index contributed by atoms with van der Waals surface area (Å²) in [4.78, 5) is 10.8. The highest BCUT2D eigenvalue weighted by molar-refractivity contribution is 5.59. The normalized spacial score (nSPS) is 16.1. The van der Waals surface area contributed by atoms with Crippen LogP contribution in [-0.2, 0) is 0 Å². The lowest BCUT2D eigenvalue weighted by atomic mass is 10.1. The molecule has 0 saturated carbocycles. The monoisotopic (exact) mass is 230 g/mol. The average Bonchev–Trinajstić information content (AvgIpc) is 2.94. The van der Waals surface area contributed by atoms with E-state index >= 15 is 0 Å². The van der Waals surface area contributed by atoms with E-state index in [1.807, 2.05) is 12.1 Å². The van der Waals surface area contributed by atoms with Crippen molar-refractivity contribution in [3.05, 3.63) is 24.7 Å². The van der Waals surface area contributed by atoms with Crippen LogP contribution in [0.4, 0.5) is 5.82 Å². The molecule has 0 aromatic carbocycles. The third kappa shape index (κ3) is 2.13. The predicted octanol–water partition coefficient (Wildman–Crippen LogP) is 2.12. The fourth-order valence-corrected chi connectivity index (χ4v) is 2.15. The van der Waals surface area contributed by atoms with Crippen molar-refractivity contribution in [3.63, 3.8) is 0 Å². The quantitative estimate of drug-likeness (QED) is 0.791. The molecule has 17 heavy (non-hydrogen) atoms. The predicted molar refractivity (Wildman–Crippen MR) is 63.6 cm³/mol. The van der Waals surface area contributed by atoms with Crippen molar-refractivity contribution in [2.75, 3.05) is 18.0 Å². The zero-order valence-corrected chi connectivity index (χ0v) is 9.54. The Bertz CT molecular complexity index is 477. The highest BCUT2D eigenvalue weighted by atomic mass is 16.5. The van der Waals surface area contributed by atoms with E-state index < -0.39 is 0 Å². The molecule has 0 aliphatic carbocycles. The Kier molecular flexibility index (Phi) is 2.73. The Hall–Kier alpha value is -1.91. The Balaban J connectivity index is 1.88. The summed E-state index contributed by atoms with van der Waals surface area (Å²) in [6.45, 7) is 2.17. The molecular formula is C12H14N4O. The van der Waals surface area contributed by atoms with Crippen LogP contribution in [0.1, 0.15) is 19.3 Å². The maximum atomic E-state index is 4.76.